The molecule has 0 fully saturated rings. The van der Waals surface area contributed by atoms with Gasteiger partial charge in [0.25, 0.3) is 5.91 Å². The number of rotatable bonds is 6. The number of carbonyl (C=O) groups excluding carboxylic acids is 1. The highest BCUT2D eigenvalue weighted by molar-refractivity contribution is 7.17. The van der Waals surface area contributed by atoms with Crippen molar-refractivity contribution >= 4 is 17.2 Å². The van der Waals surface area contributed by atoms with Gasteiger partial charge in [-0.3, -0.25) is 4.79 Å². The van der Waals surface area contributed by atoms with Crippen LogP contribution in [0.4, 0.5) is 8.78 Å². The van der Waals surface area contributed by atoms with Crippen LogP contribution in [0.15, 0.2) is 18.2 Å². The van der Waals surface area contributed by atoms with Gasteiger partial charge in [-0.15, -0.1) is 11.3 Å². The molecule has 2 rings (SSSR count). The van der Waals surface area contributed by atoms with Crippen LogP contribution in [0.1, 0.15) is 42.1 Å². The zero-order valence-corrected chi connectivity index (χ0v) is 14.3. The zero-order valence-electron chi connectivity index (χ0n) is 13.5. The summed E-state index contributed by atoms with van der Waals surface area (Å²) in [7, 11) is 0. The van der Waals surface area contributed by atoms with E-state index in [9.17, 15) is 13.6 Å². The number of benzene rings is 1. The fraction of sp³-hybridized carbons (Fsp3) is 0.412. The van der Waals surface area contributed by atoms with E-state index in [-0.39, 0.29) is 16.5 Å². The molecular weight excluding hydrogens is 318 g/mol. The Labute approximate surface area is 139 Å². The number of hydrogen-bond acceptors (Lipinski definition) is 3. The third-order valence-corrected chi connectivity index (χ3v) is 4.78. The lowest BCUT2D eigenvalue weighted by molar-refractivity contribution is 0.0766. The number of halogens is 2. The van der Waals surface area contributed by atoms with E-state index in [1.165, 1.54) is 18.2 Å². The van der Waals surface area contributed by atoms with Crippen LogP contribution < -0.4 is 0 Å². The van der Waals surface area contributed by atoms with Crippen LogP contribution in [0.2, 0.25) is 0 Å². The molecule has 3 nitrogen and oxygen atoms in total. The summed E-state index contributed by atoms with van der Waals surface area (Å²) in [5.41, 5.74) is 0.337. The van der Waals surface area contributed by atoms with E-state index in [1.54, 1.807) is 11.8 Å². The highest BCUT2D eigenvalue weighted by Crippen LogP contribution is 2.32. The summed E-state index contributed by atoms with van der Waals surface area (Å²) < 4.78 is 27.8. The molecule has 124 valence electrons. The number of thiazole rings is 1. The number of nitrogens with zero attached hydrogens (tertiary/aromatic N) is 2. The Morgan fingerprint density at radius 1 is 1.26 bits per heavy atom. The number of amides is 1. The van der Waals surface area contributed by atoms with Gasteiger partial charge in [0, 0.05) is 13.1 Å². The highest BCUT2D eigenvalue weighted by atomic mass is 32.1. The lowest BCUT2D eigenvalue weighted by atomic mass is 10.2. The van der Waals surface area contributed by atoms with Crippen LogP contribution in [0, 0.1) is 18.6 Å². The van der Waals surface area contributed by atoms with Crippen molar-refractivity contribution in [3.63, 3.8) is 0 Å². The maximum Gasteiger partial charge on any atom is 0.265 e. The molecule has 0 saturated carbocycles. The van der Waals surface area contributed by atoms with E-state index in [4.69, 9.17) is 0 Å². The predicted molar refractivity (Wildman–Crippen MR) is 88.7 cm³/mol. The molecule has 1 aromatic carbocycles. The number of aryl methyl sites for hydroxylation is 1. The summed E-state index contributed by atoms with van der Waals surface area (Å²) >= 11 is 1.04. The van der Waals surface area contributed by atoms with Gasteiger partial charge in [-0.25, -0.2) is 13.8 Å². The molecule has 0 N–H and O–H groups in total. The van der Waals surface area contributed by atoms with Gasteiger partial charge in [0.2, 0.25) is 0 Å². The molecule has 0 saturated heterocycles. The van der Waals surface area contributed by atoms with Gasteiger partial charge in [0.15, 0.2) is 0 Å². The van der Waals surface area contributed by atoms with E-state index in [2.05, 4.69) is 11.9 Å². The highest BCUT2D eigenvalue weighted by Gasteiger charge is 2.23. The minimum absolute atomic E-state index is 0.126. The normalized spacial score (nSPS) is 10.8. The van der Waals surface area contributed by atoms with E-state index >= 15 is 0 Å². The summed E-state index contributed by atoms with van der Waals surface area (Å²) in [6.45, 7) is 6.95. The molecule has 1 heterocycles. The van der Waals surface area contributed by atoms with Crippen molar-refractivity contribution in [2.75, 3.05) is 13.1 Å². The molecule has 6 heteroatoms. The Morgan fingerprint density at radius 2 is 1.91 bits per heavy atom. The van der Waals surface area contributed by atoms with Gasteiger partial charge in [-0.2, -0.15) is 0 Å². The van der Waals surface area contributed by atoms with Crippen molar-refractivity contribution < 1.29 is 13.6 Å². The molecule has 1 amide bonds. The van der Waals surface area contributed by atoms with Gasteiger partial charge in [-0.05, 0) is 32.4 Å². The average molecular weight is 338 g/mol. The topological polar surface area (TPSA) is 33.2 Å². The van der Waals surface area contributed by atoms with Crippen molar-refractivity contribution in [1.82, 2.24) is 9.88 Å². The van der Waals surface area contributed by atoms with Gasteiger partial charge >= 0.3 is 0 Å². The molecular formula is C17H20F2N2OS. The first-order valence-electron chi connectivity index (χ1n) is 7.70. The van der Waals surface area contributed by atoms with E-state index in [0.29, 0.717) is 23.7 Å². The molecule has 0 bridgehead atoms. The zero-order chi connectivity index (χ0) is 17.0. The summed E-state index contributed by atoms with van der Waals surface area (Å²) in [5, 5.41) is 0.202. The van der Waals surface area contributed by atoms with Crippen LogP contribution >= 0.6 is 11.3 Å². The molecule has 0 unspecified atom stereocenters. The maximum absolute atomic E-state index is 13.9. The minimum atomic E-state index is -0.670. The first kappa shape index (κ1) is 17.5. The predicted octanol–water partition coefficient (Wildman–Crippen LogP) is 4.66. The van der Waals surface area contributed by atoms with Crippen LogP contribution in [0.5, 0.6) is 0 Å². The standard InChI is InChI=1S/C17H20F2N2OS/c1-4-6-10-21(5-2)17(22)15-11(3)20-16(23-15)14-12(18)8-7-9-13(14)19/h7-9H,4-6,10H2,1-3H3. The molecule has 2 aromatic rings. The average Bonchev–Trinajstić information content (AvgIpc) is 2.89. The Balaban J connectivity index is 2.36. The molecule has 0 spiro atoms. The second-order valence-electron chi connectivity index (χ2n) is 5.27. The lowest BCUT2D eigenvalue weighted by Crippen LogP contribution is -2.31. The van der Waals surface area contributed by atoms with E-state index in [0.717, 1.165) is 24.2 Å². The third-order valence-electron chi connectivity index (χ3n) is 3.62. The minimum Gasteiger partial charge on any atom is -0.338 e. The lowest BCUT2D eigenvalue weighted by Gasteiger charge is -2.19. The molecule has 23 heavy (non-hydrogen) atoms. The first-order valence-corrected chi connectivity index (χ1v) is 8.52. The van der Waals surface area contributed by atoms with Crippen LogP contribution in [-0.4, -0.2) is 28.9 Å². The second kappa shape index (κ2) is 7.64. The van der Waals surface area contributed by atoms with Crippen molar-refractivity contribution in [3.05, 3.63) is 40.4 Å². The second-order valence-corrected chi connectivity index (χ2v) is 6.27. The van der Waals surface area contributed by atoms with E-state index in [1.807, 2.05) is 6.92 Å². The Hall–Kier alpha value is -1.82. The van der Waals surface area contributed by atoms with Crippen molar-refractivity contribution in [3.8, 4) is 10.6 Å². The number of aromatic nitrogens is 1. The van der Waals surface area contributed by atoms with Crippen molar-refractivity contribution in [2.24, 2.45) is 0 Å². The van der Waals surface area contributed by atoms with Gasteiger partial charge in [0.05, 0.1) is 11.3 Å². The summed E-state index contributed by atoms with van der Waals surface area (Å²) in [4.78, 5) is 19.0. The summed E-state index contributed by atoms with van der Waals surface area (Å²) in [6.07, 6.45) is 1.92. The SMILES string of the molecule is CCCCN(CC)C(=O)c1sc(-c2c(F)cccc2F)nc1C. The fourth-order valence-electron chi connectivity index (χ4n) is 2.30. The number of unbranched alkanes of at least 4 members (excludes halogenated alkanes) is 1. The quantitative estimate of drug-likeness (QED) is 0.767. The fourth-order valence-corrected chi connectivity index (χ4v) is 3.38. The Morgan fingerprint density at radius 3 is 2.48 bits per heavy atom. The molecule has 1 aromatic heterocycles. The summed E-state index contributed by atoms with van der Waals surface area (Å²) in [6, 6.07) is 3.69. The van der Waals surface area contributed by atoms with Gasteiger partial charge < -0.3 is 4.90 Å². The Kier molecular flexibility index (Phi) is 5.82. The largest absolute Gasteiger partial charge is 0.338 e. The maximum atomic E-state index is 13.9. The monoisotopic (exact) mass is 338 g/mol. The van der Waals surface area contributed by atoms with Crippen LogP contribution in [0.3, 0.4) is 0 Å². The molecule has 0 radical (unpaired) electrons. The third kappa shape index (κ3) is 3.75. The van der Waals surface area contributed by atoms with Gasteiger partial charge in [-0.1, -0.05) is 19.4 Å². The first-order chi connectivity index (χ1) is 11.0. The van der Waals surface area contributed by atoms with E-state index < -0.39 is 11.6 Å². The number of hydrogen-bond donors (Lipinski definition) is 0. The number of carbonyl (C=O) groups is 1. The van der Waals surface area contributed by atoms with Crippen LogP contribution in [-0.2, 0) is 0 Å². The van der Waals surface area contributed by atoms with Crippen molar-refractivity contribution in [2.45, 2.75) is 33.6 Å². The molecule has 0 aliphatic heterocycles. The van der Waals surface area contributed by atoms with Crippen LogP contribution in [0.25, 0.3) is 10.6 Å². The smallest absolute Gasteiger partial charge is 0.265 e. The van der Waals surface area contributed by atoms with Gasteiger partial charge in [0.1, 0.15) is 21.5 Å². The Bertz CT molecular complexity index is 680. The summed E-state index contributed by atoms with van der Waals surface area (Å²) in [5.74, 6) is -1.47. The molecule has 0 aliphatic rings. The molecule has 0 aliphatic carbocycles. The molecule has 0 atom stereocenters. The van der Waals surface area contributed by atoms with Crippen molar-refractivity contribution in [1.29, 1.82) is 0 Å².